The molecule has 0 radical (unpaired) electrons. The van der Waals surface area contributed by atoms with Gasteiger partial charge in [-0.2, -0.15) is 5.01 Å². The minimum atomic E-state index is -0.808. The molecular formula is C33H35N5O4. The lowest BCUT2D eigenvalue weighted by Gasteiger charge is -2.46. The van der Waals surface area contributed by atoms with Crippen LogP contribution in [0.5, 0.6) is 5.75 Å². The van der Waals surface area contributed by atoms with Crippen LogP contribution in [-0.4, -0.2) is 70.1 Å². The molecule has 9 heteroatoms. The van der Waals surface area contributed by atoms with Crippen molar-refractivity contribution in [1.29, 1.82) is 0 Å². The van der Waals surface area contributed by atoms with Crippen LogP contribution in [0.1, 0.15) is 41.1 Å². The minimum absolute atomic E-state index is 0.0247. The molecule has 0 spiro atoms. The van der Waals surface area contributed by atoms with Crippen molar-refractivity contribution in [1.82, 2.24) is 25.1 Å². The lowest BCUT2D eigenvalue weighted by atomic mass is 9.98. The Kier molecular flexibility index (Phi) is 7.67. The summed E-state index contributed by atoms with van der Waals surface area (Å²) < 4.78 is 6.03. The largest absolute Gasteiger partial charge is 0.492 e. The predicted molar refractivity (Wildman–Crippen MR) is 158 cm³/mol. The van der Waals surface area contributed by atoms with E-state index in [9.17, 15) is 14.4 Å². The minimum Gasteiger partial charge on any atom is -0.492 e. The Labute approximate surface area is 245 Å². The molecule has 3 heterocycles. The van der Waals surface area contributed by atoms with Crippen molar-refractivity contribution in [2.45, 2.75) is 38.1 Å². The first-order valence-electron chi connectivity index (χ1n) is 14.3. The van der Waals surface area contributed by atoms with Gasteiger partial charge in [0, 0.05) is 30.1 Å². The molecular weight excluding hydrogens is 530 g/mol. The molecule has 3 atom stereocenters. The molecule has 0 saturated carbocycles. The molecule has 0 aliphatic carbocycles. The summed E-state index contributed by atoms with van der Waals surface area (Å²) >= 11 is 0. The van der Waals surface area contributed by atoms with Crippen LogP contribution in [0, 0.1) is 0 Å². The fraction of sp³-hybridized carbons (Fsp3) is 0.303. The number of benzene rings is 3. The fourth-order valence-electron chi connectivity index (χ4n) is 6.13. The first-order chi connectivity index (χ1) is 20.5. The monoisotopic (exact) mass is 565 g/mol. The maximum Gasteiger partial charge on any atom is 0.332 e. The number of piperazine rings is 1. The Bertz CT molecular complexity index is 1480. The number of nitrogens with zero attached hydrogens (tertiary/aromatic N) is 4. The smallest absolute Gasteiger partial charge is 0.332 e. The predicted octanol–water partition coefficient (Wildman–Crippen LogP) is 4.05. The van der Waals surface area contributed by atoms with Crippen LogP contribution in [0.25, 0.3) is 0 Å². The van der Waals surface area contributed by atoms with Gasteiger partial charge >= 0.3 is 6.03 Å². The number of hydrogen-bond acceptors (Lipinski definition) is 5. The van der Waals surface area contributed by atoms with Crippen molar-refractivity contribution in [3.63, 3.8) is 0 Å². The van der Waals surface area contributed by atoms with Gasteiger partial charge in [-0.05, 0) is 11.1 Å². The third-order valence-corrected chi connectivity index (χ3v) is 8.20. The summed E-state index contributed by atoms with van der Waals surface area (Å²) in [6.07, 6.45) is 1.10. The summed E-state index contributed by atoms with van der Waals surface area (Å²) in [6, 6.07) is 24.0. The second kappa shape index (κ2) is 11.7. The molecule has 9 nitrogen and oxygen atoms in total. The van der Waals surface area contributed by atoms with Crippen molar-refractivity contribution >= 4 is 17.8 Å². The third kappa shape index (κ3) is 5.12. The van der Waals surface area contributed by atoms with Crippen molar-refractivity contribution in [2.24, 2.45) is 0 Å². The first kappa shape index (κ1) is 27.5. The van der Waals surface area contributed by atoms with Crippen LogP contribution in [-0.2, 0) is 22.7 Å². The van der Waals surface area contributed by atoms with Gasteiger partial charge in [0.05, 0.1) is 26.2 Å². The molecule has 216 valence electrons. The highest BCUT2D eigenvalue weighted by atomic mass is 16.5. The van der Waals surface area contributed by atoms with Gasteiger partial charge in [0.15, 0.2) is 0 Å². The maximum absolute atomic E-state index is 14.1. The van der Waals surface area contributed by atoms with Crippen LogP contribution < -0.4 is 10.1 Å². The zero-order chi connectivity index (χ0) is 29.2. The molecule has 1 N–H and O–H groups in total. The van der Waals surface area contributed by atoms with Gasteiger partial charge < -0.3 is 19.9 Å². The molecule has 2 fully saturated rings. The number of ether oxygens (including phenoxy) is 1. The topological polar surface area (TPSA) is 85.4 Å². The fourth-order valence-corrected chi connectivity index (χ4v) is 6.13. The number of amides is 4. The van der Waals surface area contributed by atoms with E-state index in [4.69, 9.17) is 4.74 Å². The Morgan fingerprint density at radius 3 is 2.52 bits per heavy atom. The van der Waals surface area contributed by atoms with Crippen molar-refractivity contribution < 1.29 is 19.1 Å². The van der Waals surface area contributed by atoms with E-state index in [0.29, 0.717) is 19.7 Å². The van der Waals surface area contributed by atoms with E-state index in [0.717, 1.165) is 28.0 Å². The summed E-state index contributed by atoms with van der Waals surface area (Å²) in [5, 5.41) is 6.28. The molecule has 42 heavy (non-hydrogen) atoms. The molecule has 0 bridgehead atoms. The second-order valence-corrected chi connectivity index (χ2v) is 11.0. The van der Waals surface area contributed by atoms with Crippen LogP contribution in [0.3, 0.4) is 0 Å². The number of rotatable bonds is 8. The molecule has 3 aliphatic rings. The molecule has 1 unspecified atom stereocenters. The zero-order valence-corrected chi connectivity index (χ0v) is 23.7. The van der Waals surface area contributed by atoms with E-state index in [2.05, 4.69) is 24.9 Å². The number of nitrogens with one attached hydrogen (secondary N) is 1. The number of carbonyl (C=O) groups is 3. The van der Waals surface area contributed by atoms with E-state index >= 15 is 0 Å². The Morgan fingerprint density at radius 1 is 1.05 bits per heavy atom. The number of fused-ring (bicyclic) bond motifs is 2. The van der Waals surface area contributed by atoms with Crippen molar-refractivity contribution in [3.8, 4) is 5.75 Å². The highest BCUT2D eigenvalue weighted by molar-refractivity contribution is 5.92. The first-order valence-corrected chi connectivity index (χ1v) is 14.3. The van der Waals surface area contributed by atoms with Gasteiger partial charge in [-0.3, -0.25) is 14.6 Å². The Morgan fingerprint density at radius 2 is 1.79 bits per heavy atom. The number of para-hydroxylation sites is 1. The summed E-state index contributed by atoms with van der Waals surface area (Å²) in [5.74, 6) is 0.767. The number of urea groups is 1. The van der Waals surface area contributed by atoms with E-state index in [1.165, 1.54) is 5.01 Å². The van der Waals surface area contributed by atoms with E-state index in [1.807, 2.05) is 72.8 Å². The molecule has 2 saturated heterocycles. The number of hydrogen-bond donors (Lipinski definition) is 1. The maximum atomic E-state index is 14.1. The summed E-state index contributed by atoms with van der Waals surface area (Å²) in [5.41, 5.74) is 3.78. The molecule has 4 amide bonds. The molecule has 6 rings (SSSR count). The van der Waals surface area contributed by atoms with Crippen molar-refractivity contribution in [2.75, 3.05) is 26.2 Å². The lowest BCUT2D eigenvalue weighted by Crippen LogP contribution is -2.62. The van der Waals surface area contributed by atoms with Gasteiger partial charge in [-0.25, -0.2) is 4.79 Å². The van der Waals surface area contributed by atoms with Crippen LogP contribution in [0.15, 0.2) is 91.5 Å². The second-order valence-electron chi connectivity index (χ2n) is 11.0. The number of carbonyl (C=O) groups excluding carboxylic acids is 3. The molecule has 0 aromatic heterocycles. The highest BCUT2D eigenvalue weighted by Gasteiger charge is 2.52. The van der Waals surface area contributed by atoms with Crippen LogP contribution in [0.4, 0.5) is 4.79 Å². The van der Waals surface area contributed by atoms with Gasteiger partial charge in [0.25, 0.3) is 5.91 Å². The Balaban J connectivity index is 1.32. The molecule has 3 aliphatic heterocycles. The van der Waals surface area contributed by atoms with E-state index in [-0.39, 0.29) is 43.4 Å². The van der Waals surface area contributed by atoms with Crippen LogP contribution in [0.2, 0.25) is 0 Å². The average Bonchev–Trinajstić information content (AvgIpc) is 3.55. The summed E-state index contributed by atoms with van der Waals surface area (Å²) in [6.45, 7) is 7.71. The van der Waals surface area contributed by atoms with Crippen molar-refractivity contribution in [3.05, 3.63) is 114 Å². The molecule has 3 aromatic carbocycles. The Hall–Kier alpha value is -4.63. The van der Waals surface area contributed by atoms with Gasteiger partial charge in [0.2, 0.25) is 5.91 Å². The quantitative estimate of drug-likeness (QED) is 0.417. The average molecular weight is 566 g/mol. The molecule has 3 aromatic rings. The van der Waals surface area contributed by atoms with E-state index in [1.54, 1.807) is 20.9 Å². The van der Waals surface area contributed by atoms with E-state index < -0.39 is 12.2 Å². The third-order valence-electron chi connectivity index (χ3n) is 8.20. The van der Waals surface area contributed by atoms with Gasteiger partial charge in [-0.1, -0.05) is 91.9 Å². The summed E-state index contributed by atoms with van der Waals surface area (Å²) in [7, 11) is 0. The van der Waals surface area contributed by atoms with Crippen LogP contribution >= 0.6 is 0 Å². The lowest BCUT2D eigenvalue weighted by molar-refractivity contribution is -0.158. The SMILES string of the molecule is C=CCN(C(=O)NCc1ccccc1)N1CC(=O)N2[C@@H](c3ccccc3)C(=O)N(Cc3cccc4c3OCC4C)C[C@@H]21. The van der Waals surface area contributed by atoms with Gasteiger partial charge in [0.1, 0.15) is 18.0 Å². The number of hydrazine groups is 1. The van der Waals surface area contributed by atoms with Gasteiger partial charge in [-0.15, -0.1) is 6.58 Å². The highest BCUT2D eigenvalue weighted by Crippen LogP contribution is 2.40. The summed E-state index contributed by atoms with van der Waals surface area (Å²) in [4.78, 5) is 44.7. The standard InChI is InChI=1S/C33H35N5O4/c1-3-17-36(33(41)34-18-24-11-6-4-7-12-24)37-21-29(39)38-28(37)20-35(32(40)30(38)25-13-8-5-9-14-25)19-26-15-10-16-27-23(2)22-42-31(26)27/h3-16,23,28,30H,1,17-22H2,2H3,(H,34,41)/t23?,28-,30+/m1/s1. The normalized spacial score (nSPS) is 21.5. The zero-order valence-electron chi connectivity index (χ0n) is 23.7.